The van der Waals surface area contributed by atoms with Crippen molar-refractivity contribution in [3.8, 4) is 5.75 Å². The van der Waals surface area contributed by atoms with Crippen LogP contribution in [0.4, 0.5) is 0 Å². The average Bonchev–Trinajstić information content (AvgIpc) is 2.54. The smallest absolute Gasteiger partial charge is 0.258 e. The summed E-state index contributed by atoms with van der Waals surface area (Å²) < 4.78 is 6.76. The van der Waals surface area contributed by atoms with Crippen molar-refractivity contribution in [3.63, 3.8) is 0 Å². The van der Waals surface area contributed by atoms with Crippen LogP contribution in [0.25, 0.3) is 0 Å². The molecule has 0 unspecified atom stereocenters. The minimum Gasteiger partial charge on any atom is -0.543 e. The van der Waals surface area contributed by atoms with Gasteiger partial charge in [0.15, 0.2) is 0 Å². The molecule has 0 aliphatic carbocycles. The second-order valence-electron chi connectivity index (χ2n) is 10.2. The zero-order chi connectivity index (χ0) is 19.8. The molecule has 0 atom stereocenters. The molecule has 0 saturated heterocycles. The van der Waals surface area contributed by atoms with Crippen molar-refractivity contribution in [1.82, 2.24) is 0 Å². The SMILES string of the molecule is CC(C)(C)[Si](C)(Oc1ccc([Si](C)(C)c2ccccc2)cc1)C(C)(C)C. The highest BCUT2D eigenvalue weighted by atomic mass is 28.4. The predicted octanol–water partition coefficient (Wildman–Crippen LogP) is 6.06. The quantitative estimate of drug-likeness (QED) is 0.582. The van der Waals surface area contributed by atoms with Crippen LogP contribution >= 0.6 is 0 Å². The molecule has 0 aromatic heterocycles. The van der Waals surface area contributed by atoms with Gasteiger partial charge < -0.3 is 4.43 Å². The number of hydrogen-bond donors (Lipinski definition) is 0. The van der Waals surface area contributed by atoms with Gasteiger partial charge in [0, 0.05) is 0 Å². The van der Waals surface area contributed by atoms with Gasteiger partial charge in [-0.3, -0.25) is 0 Å². The van der Waals surface area contributed by atoms with Crippen molar-refractivity contribution in [2.24, 2.45) is 0 Å². The summed E-state index contributed by atoms with van der Waals surface area (Å²) in [5.41, 5.74) is 0. The van der Waals surface area contributed by atoms with Crippen molar-refractivity contribution >= 4 is 26.8 Å². The molecule has 0 aliphatic rings. The topological polar surface area (TPSA) is 9.23 Å². The minimum atomic E-state index is -2.01. The lowest BCUT2D eigenvalue weighted by Crippen LogP contribution is -2.54. The predicted molar refractivity (Wildman–Crippen MR) is 121 cm³/mol. The summed E-state index contributed by atoms with van der Waals surface area (Å²) in [5, 5.41) is 3.26. The molecular formula is C23H36OSi2. The monoisotopic (exact) mass is 384 g/mol. The summed E-state index contributed by atoms with van der Waals surface area (Å²) in [6.45, 7) is 21.2. The van der Waals surface area contributed by atoms with Crippen LogP contribution in [-0.2, 0) is 0 Å². The van der Waals surface area contributed by atoms with Crippen molar-refractivity contribution in [3.05, 3.63) is 54.6 Å². The summed E-state index contributed by atoms with van der Waals surface area (Å²) in [6, 6.07) is 19.9. The zero-order valence-electron chi connectivity index (χ0n) is 18.1. The Labute approximate surface area is 163 Å². The molecule has 0 saturated carbocycles. The van der Waals surface area contributed by atoms with Crippen LogP contribution in [0.5, 0.6) is 5.75 Å². The van der Waals surface area contributed by atoms with E-state index in [9.17, 15) is 0 Å². The Kier molecular flexibility index (Phi) is 5.65. The number of hydrogen-bond acceptors (Lipinski definition) is 1. The maximum atomic E-state index is 6.76. The highest BCUT2D eigenvalue weighted by Crippen LogP contribution is 2.51. The van der Waals surface area contributed by atoms with Crippen molar-refractivity contribution < 1.29 is 4.43 Å². The maximum Gasteiger partial charge on any atom is 0.258 e. The van der Waals surface area contributed by atoms with E-state index in [1.807, 2.05) is 0 Å². The van der Waals surface area contributed by atoms with Gasteiger partial charge in [0.2, 0.25) is 0 Å². The Hall–Kier alpha value is -1.33. The Morgan fingerprint density at radius 1 is 0.615 bits per heavy atom. The summed E-state index contributed by atoms with van der Waals surface area (Å²) in [6.07, 6.45) is 0. The van der Waals surface area contributed by atoms with E-state index in [0.717, 1.165) is 5.75 Å². The third kappa shape index (κ3) is 3.99. The lowest BCUT2D eigenvalue weighted by atomic mass is 10.2. The Morgan fingerprint density at radius 2 is 1.04 bits per heavy atom. The van der Waals surface area contributed by atoms with E-state index in [1.165, 1.54) is 10.4 Å². The lowest BCUT2D eigenvalue weighted by molar-refractivity contribution is 0.430. The van der Waals surface area contributed by atoms with Gasteiger partial charge in [0.25, 0.3) is 8.32 Å². The zero-order valence-corrected chi connectivity index (χ0v) is 20.1. The molecule has 0 aliphatic heterocycles. The van der Waals surface area contributed by atoms with Crippen molar-refractivity contribution in [2.45, 2.75) is 71.3 Å². The second-order valence-corrected chi connectivity index (χ2v) is 19.8. The first-order chi connectivity index (χ1) is 11.8. The first kappa shape index (κ1) is 21.0. The molecule has 0 spiro atoms. The standard InChI is InChI=1S/C23H36OSi2/c1-22(2,3)26(9,23(4,5)6)24-19-15-17-21(18-16-19)25(7,8)20-13-11-10-12-14-20/h10-18H,1-9H3. The van der Waals surface area contributed by atoms with Gasteiger partial charge in [-0.2, -0.15) is 0 Å². The van der Waals surface area contributed by atoms with E-state index < -0.39 is 16.4 Å². The molecular weight excluding hydrogens is 348 g/mol. The summed E-state index contributed by atoms with van der Waals surface area (Å²) >= 11 is 0. The Balaban J connectivity index is 2.32. The van der Waals surface area contributed by atoms with Crippen LogP contribution in [0.3, 0.4) is 0 Å². The molecule has 0 heterocycles. The molecule has 0 bridgehead atoms. The number of rotatable bonds is 4. The largest absolute Gasteiger partial charge is 0.543 e. The van der Waals surface area contributed by atoms with E-state index in [1.54, 1.807) is 0 Å². The molecule has 2 aromatic carbocycles. The first-order valence-electron chi connectivity index (χ1n) is 9.64. The van der Waals surface area contributed by atoms with Gasteiger partial charge in [-0.1, -0.05) is 107 Å². The Morgan fingerprint density at radius 3 is 1.46 bits per heavy atom. The van der Waals surface area contributed by atoms with E-state index in [2.05, 4.69) is 116 Å². The third-order valence-electron chi connectivity index (χ3n) is 6.26. The van der Waals surface area contributed by atoms with E-state index in [-0.39, 0.29) is 10.1 Å². The Bertz CT molecular complexity index is 706. The highest BCUT2D eigenvalue weighted by molar-refractivity contribution is 7.00. The fourth-order valence-corrected chi connectivity index (χ4v) is 9.46. The summed E-state index contributed by atoms with van der Waals surface area (Å²) in [7, 11) is -3.66. The summed E-state index contributed by atoms with van der Waals surface area (Å²) in [4.78, 5) is 0. The first-order valence-corrected chi connectivity index (χ1v) is 15.0. The fourth-order valence-electron chi connectivity index (χ4n) is 3.63. The highest BCUT2D eigenvalue weighted by Gasteiger charge is 2.53. The molecule has 2 aromatic rings. The van der Waals surface area contributed by atoms with Crippen LogP contribution in [0.2, 0.25) is 29.7 Å². The van der Waals surface area contributed by atoms with E-state index >= 15 is 0 Å². The van der Waals surface area contributed by atoms with Crippen LogP contribution in [0, 0.1) is 0 Å². The minimum absolute atomic E-state index is 0.169. The molecule has 0 fully saturated rings. The van der Waals surface area contributed by atoms with Crippen LogP contribution < -0.4 is 14.8 Å². The van der Waals surface area contributed by atoms with Crippen LogP contribution in [0.15, 0.2) is 54.6 Å². The number of benzene rings is 2. The molecule has 1 nitrogen and oxygen atoms in total. The van der Waals surface area contributed by atoms with E-state index in [4.69, 9.17) is 4.43 Å². The molecule has 26 heavy (non-hydrogen) atoms. The summed E-state index contributed by atoms with van der Waals surface area (Å²) in [5.74, 6) is 1.02. The second kappa shape index (κ2) is 7.01. The normalized spacial score (nSPS) is 13.6. The van der Waals surface area contributed by atoms with Gasteiger partial charge in [-0.05, 0) is 28.8 Å². The molecule has 2 rings (SSSR count). The van der Waals surface area contributed by atoms with Gasteiger partial charge >= 0.3 is 0 Å². The van der Waals surface area contributed by atoms with Gasteiger partial charge in [-0.15, -0.1) is 0 Å². The van der Waals surface area contributed by atoms with Crippen molar-refractivity contribution in [2.75, 3.05) is 0 Å². The fraction of sp³-hybridized carbons (Fsp3) is 0.478. The van der Waals surface area contributed by atoms with Crippen LogP contribution in [-0.4, -0.2) is 16.4 Å². The van der Waals surface area contributed by atoms with Gasteiger partial charge in [0.05, 0.1) is 0 Å². The molecule has 142 valence electrons. The van der Waals surface area contributed by atoms with Gasteiger partial charge in [-0.25, -0.2) is 0 Å². The third-order valence-corrected chi connectivity index (χ3v) is 16.2. The maximum absolute atomic E-state index is 6.76. The van der Waals surface area contributed by atoms with Crippen LogP contribution in [0.1, 0.15) is 41.5 Å². The van der Waals surface area contributed by atoms with Crippen molar-refractivity contribution in [1.29, 1.82) is 0 Å². The molecule has 0 radical (unpaired) electrons. The lowest BCUT2D eigenvalue weighted by Gasteiger charge is -2.48. The van der Waals surface area contributed by atoms with E-state index in [0.29, 0.717) is 0 Å². The molecule has 0 N–H and O–H groups in total. The molecule has 0 amide bonds. The molecule has 3 heteroatoms. The van der Waals surface area contributed by atoms with Gasteiger partial charge in [0.1, 0.15) is 13.8 Å². The average molecular weight is 385 g/mol.